The Hall–Kier alpha value is -0.640. The van der Waals surface area contributed by atoms with Gasteiger partial charge < -0.3 is 10.1 Å². The zero-order chi connectivity index (χ0) is 14.6. The van der Waals surface area contributed by atoms with Gasteiger partial charge in [-0.2, -0.15) is 0 Å². The standard InChI is InChI=1S/C13H16Cl3NO2/c1-8-4-5-11(9(2)6-8)17-10(3)12(18)19-7-13(14,15)16/h4-6,10,17H,7H2,1-3H3/t10-/m0/s1. The van der Waals surface area contributed by atoms with Gasteiger partial charge in [0.1, 0.15) is 12.6 Å². The molecule has 6 heteroatoms. The number of carbonyl (C=O) groups is 1. The second-order valence-corrected chi connectivity index (χ2v) is 6.92. The smallest absolute Gasteiger partial charge is 0.328 e. The number of hydrogen-bond donors (Lipinski definition) is 1. The van der Waals surface area contributed by atoms with Crippen LogP contribution in [0, 0.1) is 13.8 Å². The highest BCUT2D eigenvalue weighted by Crippen LogP contribution is 2.26. The number of carbonyl (C=O) groups excluding carboxylic acids is 1. The van der Waals surface area contributed by atoms with Gasteiger partial charge in [-0.3, -0.25) is 0 Å². The Labute approximate surface area is 128 Å². The molecule has 0 aromatic heterocycles. The summed E-state index contributed by atoms with van der Waals surface area (Å²) in [4.78, 5) is 11.7. The number of halogens is 3. The molecule has 106 valence electrons. The average Bonchev–Trinajstić information content (AvgIpc) is 2.28. The lowest BCUT2D eigenvalue weighted by molar-refractivity contribution is -0.144. The Bertz CT molecular complexity index is 458. The fourth-order valence-electron chi connectivity index (χ4n) is 1.55. The van der Waals surface area contributed by atoms with E-state index < -0.39 is 15.8 Å². The Balaban J connectivity index is 2.59. The number of benzene rings is 1. The highest BCUT2D eigenvalue weighted by Gasteiger charge is 2.24. The van der Waals surface area contributed by atoms with Crippen molar-refractivity contribution in [3.8, 4) is 0 Å². The first kappa shape index (κ1) is 16.4. The molecule has 0 radical (unpaired) electrons. The van der Waals surface area contributed by atoms with Crippen LogP contribution < -0.4 is 5.32 Å². The second-order valence-electron chi connectivity index (χ2n) is 4.41. The fraction of sp³-hybridized carbons (Fsp3) is 0.462. The number of ether oxygens (including phenoxy) is 1. The predicted octanol–water partition coefficient (Wildman–Crippen LogP) is 4.02. The molecule has 0 bridgehead atoms. The number of esters is 1. The van der Waals surface area contributed by atoms with Crippen molar-refractivity contribution in [2.45, 2.75) is 30.6 Å². The molecule has 1 atom stereocenters. The number of nitrogens with one attached hydrogen (secondary N) is 1. The molecule has 1 N–H and O–H groups in total. The van der Waals surface area contributed by atoms with E-state index in [1.165, 1.54) is 0 Å². The van der Waals surface area contributed by atoms with E-state index in [1.54, 1.807) is 6.92 Å². The molecule has 0 fully saturated rings. The van der Waals surface area contributed by atoms with Crippen LogP contribution >= 0.6 is 34.8 Å². The number of rotatable bonds is 4. The SMILES string of the molecule is Cc1ccc(N[C@@H](C)C(=O)OCC(Cl)(Cl)Cl)c(C)c1. The second kappa shape index (κ2) is 6.69. The summed E-state index contributed by atoms with van der Waals surface area (Å²) < 4.78 is 3.32. The van der Waals surface area contributed by atoms with Crippen molar-refractivity contribution in [2.75, 3.05) is 11.9 Å². The first-order chi connectivity index (χ1) is 8.69. The molecule has 0 unspecified atom stereocenters. The van der Waals surface area contributed by atoms with Crippen molar-refractivity contribution < 1.29 is 9.53 Å². The Morgan fingerprint density at radius 2 is 2.00 bits per heavy atom. The molecule has 0 aliphatic heterocycles. The molecular weight excluding hydrogens is 309 g/mol. The van der Waals surface area contributed by atoms with Crippen LogP contribution in [-0.4, -0.2) is 22.4 Å². The van der Waals surface area contributed by atoms with Gasteiger partial charge in [-0.15, -0.1) is 0 Å². The zero-order valence-electron chi connectivity index (χ0n) is 11.0. The molecule has 19 heavy (non-hydrogen) atoms. The third-order valence-electron chi connectivity index (χ3n) is 2.49. The third kappa shape index (κ3) is 5.89. The van der Waals surface area contributed by atoms with Crippen LogP contribution in [0.5, 0.6) is 0 Å². The molecule has 0 saturated heterocycles. The van der Waals surface area contributed by atoms with Gasteiger partial charge in [0.15, 0.2) is 0 Å². The van der Waals surface area contributed by atoms with Gasteiger partial charge in [0.25, 0.3) is 0 Å². The number of hydrogen-bond acceptors (Lipinski definition) is 3. The summed E-state index contributed by atoms with van der Waals surface area (Å²) in [6, 6.07) is 5.40. The quantitative estimate of drug-likeness (QED) is 0.671. The van der Waals surface area contributed by atoms with Gasteiger partial charge >= 0.3 is 5.97 Å². The molecule has 0 aliphatic rings. The van der Waals surface area contributed by atoms with Crippen LogP contribution in [0.25, 0.3) is 0 Å². The van der Waals surface area contributed by atoms with Crippen molar-refractivity contribution in [3.05, 3.63) is 29.3 Å². The lowest BCUT2D eigenvalue weighted by Crippen LogP contribution is -2.31. The lowest BCUT2D eigenvalue weighted by atomic mass is 10.1. The van der Waals surface area contributed by atoms with Crippen LogP contribution in [0.2, 0.25) is 0 Å². The minimum Gasteiger partial charge on any atom is -0.460 e. The molecule has 3 nitrogen and oxygen atoms in total. The molecule has 0 aliphatic carbocycles. The first-order valence-corrected chi connectivity index (χ1v) is 6.89. The van der Waals surface area contributed by atoms with Crippen molar-refractivity contribution in [1.29, 1.82) is 0 Å². The van der Waals surface area contributed by atoms with E-state index in [-0.39, 0.29) is 6.61 Å². The molecule has 1 aromatic rings. The lowest BCUT2D eigenvalue weighted by Gasteiger charge is -2.18. The third-order valence-corrected chi connectivity index (χ3v) is 2.81. The molecular formula is C13H16Cl3NO2. The molecule has 1 aromatic carbocycles. The van der Waals surface area contributed by atoms with E-state index in [9.17, 15) is 4.79 Å². The van der Waals surface area contributed by atoms with Gasteiger partial charge in [0, 0.05) is 5.69 Å². The molecule has 0 spiro atoms. The number of alkyl halides is 3. The van der Waals surface area contributed by atoms with Gasteiger partial charge in [0.05, 0.1) is 0 Å². The summed E-state index contributed by atoms with van der Waals surface area (Å²) in [6.07, 6.45) is 0. The van der Waals surface area contributed by atoms with Gasteiger partial charge in [-0.05, 0) is 32.4 Å². The highest BCUT2D eigenvalue weighted by molar-refractivity contribution is 6.67. The normalized spacial score (nSPS) is 12.9. The van der Waals surface area contributed by atoms with Crippen LogP contribution in [0.4, 0.5) is 5.69 Å². The topological polar surface area (TPSA) is 38.3 Å². The Morgan fingerprint density at radius 3 is 2.53 bits per heavy atom. The Kier molecular flexibility index (Phi) is 5.78. The van der Waals surface area contributed by atoms with E-state index in [4.69, 9.17) is 39.5 Å². The van der Waals surface area contributed by atoms with Crippen LogP contribution in [0.3, 0.4) is 0 Å². The number of anilines is 1. The van der Waals surface area contributed by atoms with Crippen molar-refractivity contribution in [3.63, 3.8) is 0 Å². The van der Waals surface area contributed by atoms with Crippen molar-refractivity contribution in [2.24, 2.45) is 0 Å². The largest absolute Gasteiger partial charge is 0.460 e. The van der Waals surface area contributed by atoms with E-state index in [0.717, 1.165) is 16.8 Å². The maximum Gasteiger partial charge on any atom is 0.328 e. The highest BCUT2D eigenvalue weighted by atomic mass is 35.6. The zero-order valence-corrected chi connectivity index (χ0v) is 13.2. The molecule has 0 heterocycles. The van der Waals surface area contributed by atoms with E-state index >= 15 is 0 Å². The summed E-state index contributed by atoms with van der Waals surface area (Å²) in [6.45, 7) is 5.40. The maximum atomic E-state index is 11.7. The molecule has 0 saturated carbocycles. The van der Waals surface area contributed by atoms with Crippen LogP contribution in [0.15, 0.2) is 18.2 Å². The maximum absolute atomic E-state index is 11.7. The number of aryl methyl sites for hydroxylation is 2. The average molecular weight is 325 g/mol. The summed E-state index contributed by atoms with van der Waals surface area (Å²) >= 11 is 16.6. The summed E-state index contributed by atoms with van der Waals surface area (Å²) in [5, 5.41) is 3.07. The van der Waals surface area contributed by atoms with Crippen LogP contribution in [-0.2, 0) is 9.53 Å². The molecule has 1 rings (SSSR count). The van der Waals surface area contributed by atoms with E-state index in [2.05, 4.69) is 5.32 Å². The van der Waals surface area contributed by atoms with Crippen LogP contribution in [0.1, 0.15) is 18.1 Å². The van der Waals surface area contributed by atoms with E-state index in [0.29, 0.717) is 0 Å². The van der Waals surface area contributed by atoms with Gasteiger partial charge in [-0.1, -0.05) is 52.5 Å². The summed E-state index contributed by atoms with van der Waals surface area (Å²) in [5.74, 6) is -0.466. The molecule has 0 amide bonds. The van der Waals surface area contributed by atoms with E-state index in [1.807, 2.05) is 32.0 Å². The summed E-state index contributed by atoms with van der Waals surface area (Å²) in [7, 11) is 0. The fourth-order valence-corrected chi connectivity index (χ4v) is 1.71. The predicted molar refractivity (Wildman–Crippen MR) is 80.2 cm³/mol. The van der Waals surface area contributed by atoms with Gasteiger partial charge in [0.2, 0.25) is 3.79 Å². The Morgan fingerprint density at radius 1 is 1.37 bits per heavy atom. The van der Waals surface area contributed by atoms with Crippen molar-refractivity contribution in [1.82, 2.24) is 0 Å². The van der Waals surface area contributed by atoms with Gasteiger partial charge in [-0.25, -0.2) is 4.79 Å². The van der Waals surface area contributed by atoms with Crippen molar-refractivity contribution >= 4 is 46.5 Å². The first-order valence-electron chi connectivity index (χ1n) is 5.76. The summed E-state index contributed by atoms with van der Waals surface area (Å²) in [5.41, 5.74) is 3.10. The minimum atomic E-state index is -1.59. The minimum absolute atomic E-state index is 0.268. The monoisotopic (exact) mass is 323 g/mol.